The molecule has 0 fully saturated rings. The molecule has 0 unspecified atom stereocenters. The number of hydrogen-bond acceptors (Lipinski definition) is 5. The molecular formula is C19H26N2O2S. The predicted octanol–water partition coefficient (Wildman–Crippen LogP) is 3.34. The Morgan fingerprint density at radius 2 is 2.25 bits per heavy atom. The summed E-state index contributed by atoms with van der Waals surface area (Å²) in [7, 11) is 2.02. The molecule has 2 aromatic rings. The molecule has 0 radical (unpaired) electrons. The summed E-state index contributed by atoms with van der Waals surface area (Å²) in [5.74, 6) is 0. The molecule has 5 heteroatoms. The van der Waals surface area contributed by atoms with Gasteiger partial charge < -0.3 is 9.84 Å². The van der Waals surface area contributed by atoms with Crippen molar-refractivity contribution in [1.82, 2.24) is 9.88 Å². The van der Waals surface area contributed by atoms with Gasteiger partial charge in [0.05, 0.1) is 23.8 Å². The van der Waals surface area contributed by atoms with Gasteiger partial charge >= 0.3 is 0 Å². The topological polar surface area (TPSA) is 45.6 Å². The molecule has 130 valence electrons. The monoisotopic (exact) mass is 346 g/mol. The van der Waals surface area contributed by atoms with Crippen LogP contribution in [0.3, 0.4) is 0 Å². The lowest BCUT2D eigenvalue weighted by Crippen LogP contribution is -2.32. The van der Waals surface area contributed by atoms with E-state index in [0.717, 1.165) is 30.8 Å². The second-order valence-electron chi connectivity index (χ2n) is 6.61. The normalized spacial score (nSPS) is 18.6. The summed E-state index contributed by atoms with van der Waals surface area (Å²) in [5, 5.41) is 11.4. The highest BCUT2D eigenvalue weighted by Crippen LogP contribution is 2.32. The lowest BCUT2D eigenvalue weighted by atomic mass is 9.89. The first kappa shape index (κ1) is 17.5. The van der Waals surface area contributed by atoms with E-state index in [0.29, 0.717) is 13.2 Å². The lowest BCUT2D eigenvalue weighted by molar-refractivity contribution is -0.0265. The first-order valence-electron chi connectivity index (χ1n) is 8.59. The van der Waals surface area contributed by atoms with Crippen molar-refractivity contribution in [2.24, 2.45) is 0 Å². The van der Waals surface area contributed by atoms with Crippen LogP contribution in [0.25, 0.3) is 0 Å². The van der Waals surface area contributed by atoms with E-state index in [1.54, 1.807) is 11.3 Å². The van der Waals surface area contributed by atoms with Crippen LogP contribution in [0.2, 0.25) is 0 Å². The third kappa shape index (κ3) is 4.63. The molecule has 4 nitrogen and oxygen atoms in total. The van der Waals surface area contributed by atoms with Crippen molar-refractivity contribution in [2.45, 2.75) is 44.9 Å². The highest BCUT2D eigenvalue weighted by atomic mass is 32.1. The summed E-state index contributed by atoms with van der Waals surface area (Å²) >= 11 is 1.71. The zero-order valence-electron chi connectivity index (χ0n) is 14.4. The molecule has 0 amide bonds. The van der Waals surface area contributed by atoms with Gasteiger partial charge in [-0.1, -0.05) is 24.3 Å². The van der Waals surface area contributed by atoms with Gasteiger partial charge in [0.2, 0.25) is 0 Å². The molecule has 24 heavy (non-hydrogen) atoms. The number of rotatable bonds is 7. The Balaban J connectivity index is 1.46. The number of aliphatic hydroxyl groups is 1. The highest BCUT2D eigenvalue weighted by molar-refractivity contribution is 7.11. The molecule has 0 spiro atoms. The van der Waals surface area contributed by atoms with Crippen LogP contribution in [-0.4, -0.2) is 41.3 Å². The fourth-order valence-corrected chi connectivity index (χ4v) is 4.21. The maximum Gasteiger partial charge on any atom is 0.0900 e. The number of benzene rings is 1. The quantitative estimate of drug-likeness (QED) is 0.835. The van der Waals surface area contributed by atoms with E-state index in [1.165, 1.54) is 16.0 Å². The molecule has 1 aliphatic rings. The number of likely N-dealkylation sites (N-methyl/N-ethyl adjacent to an activating group) is 1. The van der Waals surface area contributed by atoms with E-state index in [1.807, 2.05) is 20.2 Å². The molecule has 0 bridgehead atoms. The molecule has 0 aliphatic heterocycles. The minimum atomic E-state index is -0.474. The van der Waals surface area contributed by atoms with Crippen molar-refractivity contribution >= 4 is 11.3 Å². The fourth-order valence-electron chi connectivity index (χ4n) is 3.33. The van der Waals surface area contributed by atoms with Crippen molar-refractivity contribution in [1.29, 1.82) is 0 Å². The summed E-state index contributed by atoms with van der Waals surface area (Å²) < 4.78 is 6.04. The van der Waals surface area contributed by atoms with Crippen LogP contribution in [0.1, 0.15) is 40.0 Å². The molecule has 1 aliphatic carbocycles. The Bertz CT molecular complexity index is 658. The first-order chi connectivity index (χ1) is 11.6. The minimum Gasteiger partial charge on any atom is -0.389 e. The summed E-state index contributed by atoms with van der Waals surface area (Å²) in [6, 6.07) is 8.50. The van der Waals surface area contributed by atoms with Crippen LogP contribution >= 0.6 is 11.3 Å². The number of thiazole rings is 1. The maximum atomic E-state index is 10.3. The van der Waals surface area contributed by atoms with E-state index < -0.39 is 6.10 Å². The number of aryl methyl sites for hydroxylation is 2. The molecular weight excluding hydrogens is 320 g/mol. The number of nitrogens with zero attached hydrogens (tertiary/aromatic N) is 2. The average molecular weight is 346 g/mol. The Hall–Kier alpha value is -1.27. The van der Waals surface area contributed by atoms with Gasteiger partial charge in [-0.25, -0.2) is 4.98 Å². The number of ether oxygens (including phenoxy) is 1. The molecule has 1 N–H and O–H groups in total. The minimum absolute atomic E-state index is 0.124. The zero-order valence-corrected chi connectivity index (χ0v) is 15.3. The first-order valence-corrected chi connectivity index (χ1v) is 9.41. The number of fused-ring (bicyclic) bond motifs is 1. The SMILES string of the molecule is Cc1ncc(CN(C)C[C@@H](O)CO[C@H]2CCCc3ccccc32)s1. The van der Waals surface area contributed by atoms with Gasteiger partial charge in [-0.05, 0) is 44.4 Å². The van der Waals surface area contributed by atoms with Crippen molar-refractivity contribution in [2.75, 3.05) is 20.2 Å². The van der Waals surface area contributed by atoms with Crippen molar-refractivity contribution in [3.63, 3.8) is 0 Å². The second kappa shape index (κ2) is 8.21. The van der Waals surface area contributed by atoms with Crippen molar-refractivity contribution < 1.29 is 9.84 Å². The fraction of sp³-hybridized carbons (Fsp3) is 0.526. The Kier molecular flexibility index (Phi) is 6.00. The van der Waals surface area contributed by atoms with Crippen molar-refractivity contribution in [3.05, 3.63) is 51.5 Å². The Morgan fingerprint density at radius 3 is 3.04 bits per heavy atom. The van der Waals surface area contributed by atoms with Crippen LogP contribution in [0.4, 0.5) is 0 Å². The van der Waals surface area contributed by atoms with Crippen LogP contribution in [0.15, 0.2) is 30.5 Å². The van der Waals surface area contributed by atoms with Crippen molar-refractivity contribution in [3.8, 4) is 0 Å². The van der Waals surface area contributed by atoms with Gasteiger partial charge in [-0.15, -0.1) is 11.3 Å². The van der Waals surface area contributed by atoms with E-state index >= 15 is 0 Å². The average Bonchev–Trinajstić information content (AvgIpc) is 2.97. The van der Waals surface area contributed by atoms with Gasteiger partial charge in [0.15, 0.2) is 0 Å². The summed E-state index contributed by atoms with van der Waals surface area (Å²) in [5.41, 5.74) is 2.69. The third-order valence-electron chi connectivity index (χ3n) is 4.42. The number of aliphatic hydroxyl groups excluding tert-OH is 1. The van der Waals surface area contributed by atoms with Crippen LogP contribution in [-0.2, 0) is 17.7 Å². The van der Waals surface area contributed by atoms with E-state index in [2.05, 4.69) is 34.1 Å². The molecule has 2 atom stereocenters. The summed E-state index contributed by atoms with van der Waals surface area (Å²) in [4.78, 5) is 7.62. The predicted molar refractivity (Wildman–Crippen MR) is 97.3 cm³/mol. The van der Waals surface area contributed by atoms with Gasteiger partial charge in [0, 0.05) is 24.2 Å². The van der Waals surface area contributed by atoms with Crippen LogP contribution in [0, 0.1) is 6.92 Å². The molecule has 1 heterocycles. The Morgan fingerprint density at radius 1 is 1.42 bits per heavy atom. The van der Waals surface area contributed by atoms with Gasteiger partial charge in [0.1, 0.15) is 0 Å². The second-order valence-corrected chi connectivity index (χ2v) is 7.93. The third-order valence-corrected chi connectivity index (χ3v) is 5.32. The lowest BCUT2D eigenvalue weighted by Gasteiger charge is -2.27. The molecule has 1 aromatic carbocycles. The molecule has 3 rings (SSSR count). The van der Waals surface area contributed by atoms with Crippen LogP contribution < -0.4 is 0 Å². The molecule has 1 aromatic heterocycles. The summed E-state index contributed by atoms with van der Waals surface area (Å²) in [6.45, 7) is 3.81. The molecule has 0 saturated heterocycles. The van der Waals surface area contributed by atoms with Gasteiger partial charge in [0.25, 0.3) is 0 Å². The highest BCUT2D eigenvalue weighted by Gasteiger charge is 2.21. The van der Waals surface area contributed by atoms with Gasteiger partial charge in [-0.3, -0.25) is 4.90 Å². The smallest absolute Gasteiger partial charge is 0.0900 e. The van der Waals surface area contributed by atoms with Gasteiger partial charge in [-0.2, -0.15) is 0 Å². The van der Waals surface area contributed by atoms with E-state index in [9.17, 15) is 5.11 Å². The Labute approximate surface area is 148 Å². The van der Waals surface area contributed by atoms with Crippen LogP contribution in [0.5, 0.6) is 0 Å². The number of hydrogen-bond donors (Lipinski definition) is 1. The van der Waals surface area contributed by atoms with E-state index in [4.69, 9.17) is 4.74 Å². The summed E-state index contributed by atoms with van der Waals surface area (Å²) in [6.07, 6.45) is 4.90. The standard InChI is InChI=1S/C19H26N2O2S/c1-14-20-10-17(24-14)12-21(2)11-16(22)13-23-19-9-5-7-15-6-3-4-8-18(15)19/h3-4,6,8,10,16,19,22H,5,7,9,11-13H2,1-2H3/t16-,19+/m1/s1. The zero-order chi connectivity index (χ0) is 16.9. The number of aromatic nitrogens is 1. The maximum absolute atomic E-state index is 10.3. The van der Waals surface area contributed by atoms with E-state index in [-0.39, 0.29) is 6.10 Å². The largest absolute Gasteiger partial charge is 0.389 e. The molecule has 0 saturated carbocycles.